The monoisotopic (exact) mass is 460 g/mol. The second-order valence-corrected chi connectivity index (χ2v) is 9.70. The van der Waals surface area contributed by atoms with E-state index >= 15 is 0 Å². The zero-order valence-corrected chi connectivity index (χ0v) is 19.6. The van der Waals surface area contributed by atoms with Gasteiger partial charge in [0.2, 0.25) is 5.91 Å². The van der Waals surface area contributed by atoms with E-state index in [4.69, 9.17) is 19.7 Å². The molecule has 3 aliphatic rings. The fourth-order valence-electron chi connectivity index (χ4n) is 5.16. The third-order valence-corrected chi connectivity index (χ3v) is 6.82. The van der Waals surface area contributed by atoms with Gasteiger partial charge in [-0.2, -0.15) is 5.10 Å². The van der Waals surface area contributed by atoms with Crippen molar-refractivity contribution in [1.29, 1.82) is 0 Å². The van der Waals surface area contributed by atoms with Crippen LogP contribution < -0.4 is 9.47 Å². The third-order valence-electron chi connectivity index (χ3n) is 6.82. The van der Waals surface area contributed by atoms with Crippen LogP contribution in [0.3, 0.4) is 0 Å². The smallest absolute Gasteiger partial charge is 0.335 e. The highest BCUT2D eigenvalue weighted by Gasteiger charge is 2.43. The maximum Gasteiger partial charge on any atom is 0.335 e. The lowest BCUT2D eigenvalue weighted by atomic mass is 9.75. The second kappa shape index (κ2) is 8.31. The third kappa shape index (κ3) is 3.85. The van der Waals surface area contributed by atoms with Gasteiger partial charge in [0.1, 0.15) is 5.60 Å². The van der Waals surface area contributed by atoms with Gasteiger partial charge in [0, 0.05) is 23.5 Å². The molecule has 0 saturated heterocycles. The Morgan fingerprint density at radius 1 is 1.15 bits per heavy atom. The predicted octanol–water partition coefficient (Wildman–Crippen LogP) is 4.44. The van der Waals surface area contributed by atoms with Crippen molar-refractivity contribution in [2.45, 2.75) is 45.3 Å². The summed E-state index contributed by atoms with van der Waals surface area (Å²) in [5, 5.41) is 15.6. The Morgan fingerprint density at radius 3 is 2.53 bits per heavy atom. The molecule has 0 saturated carbocycles. The fraction of sp³-hybridized carbons (Fsp3) is 0.370. The Labute approximate surface area is 198 Å². The quantitative estimate of drug-likeness (QED) is 0.667. The molecule has 7 nitrogen and oxygen atoms in total. The minimum Gasteiger partial charge on any atom is -0.493 e. The number of carboxylic acid groups (broad SMARTS) is 1. The van der Waals surface area contributed by atoms with E-state index in [9.17, 15) is 9.59 Å². The van der Waals surface area contributed by atoms with Crippen LogP contribution in [0.25, 0.3) is 0 Å². The average Bonchev–Trinajstić information content (AvgIpc) is 3.16. The first-order valence-electron chi connectivity index (χ1n) is 11.5. The van der Waals surface area contributed by atoms with E-state index < -0.39 is 5.97 Å². The Hall–Kier alpha value is -3.61. The lowest BCUT2D eigenvalue weighted by molar-refractivity contribution is -0.138. The molecule has 2 aromatic rings. The molecule has 0 bridgehead atoms. The summed E-state index contributed by atoms with van der Waals surface area (Å²) in [6, 6.07) is 10.5. The number of fused-ring (bicyclic) bond motifs is 2. The molecule has 0 spiro atoms. The molecule has 2 aliphatic heterocycles. The molecule has 1 amide bonds. The van der Waals surface area contributed by atoms with Crippen LogP contribution in [0.4, 0.5) is 0 Å². The molecule has 0 fully saturated rings. The van der Waals surface area contributed by atoms with Crippen LogP contribution >= 0.6 is 0 Å². The van der Waals surface area contributed by atoms with Crippen molar-refractivity contribution >= 4 is 17.6 Å². The van der Waals surface area contributed by atoms with Crippen molar-refractivity contribution in [1.82, 2.24) is 5.01 Å². The molecule has 0 aromatic heterocycles. The number of aromatic carboxylic acids is 1. The fourth-order valence-corrected chi connectivity index (χ4v) is 5.16. The van der Waals surface area contributed by atoms with Crippen LogP contribution in [-0.4, -0.2) is 40.4 Å². The molecule has 7 heteroatoms. The highest BCUT2D eigenvalue weighted by molar-refractivity contribution is 6.08. The molecule has 0 radical (unpaired) electrons. The van der Waals surface area contributed by atoms with Crippen molar-refractivity contribution in [2.24, 2.45) is 16.9 Å². The zero-order chi connectivity index (χ0) is 24.0. The number of carbonyl (C=O) groups is 2. The summed E-state index contributed by atoms with van der Waals surface area (Å²) in [6.07, 6.45) is 6.38. The number of carbonyl (C=O) groups excluding carboxylic acids is 1. The van der Waals surface area contributed by atoms with E-state index in [1.54, 1.807) is 36.4 Å². The number of amides is 1. The van der Waals surface area contributed by atoms with Gasteiger partial charge in [0.05, 0.1) is 30.8 Å². The van der Waals surface area contributed by atoms with Crippen molar-refractivity contribution in [3.05, 3.63) is 70.8 Å². The van der Waals surface area contributed by atoms with Crippen LogP contribution in [0.5, 0.6) is 11.5 Å². The standard InChI is InChI=1S/C27H28N2O5/c1-27(2)14-21-19(12-13-22(33-3)24(21)34-27)23-18-6-4-5-7-20(18)25(30)29(28-23)15-16-8-10-17(11-9-16)26(31)32/h4-5,8-13,18,20H,6-7,14-15H2,1-3H3,(H,31,32). The first-order chi connectivity index (χ1) is 16.3. The van der Waals surface area contributed by atoms with Crippen molar-refractivity contribution in [2.75, 3.05) is 7.11 Å². The topological polar surface area (TPSA) is 88.4 Å². The highest BCUT2D eigenvalue weighted by Crippen LogP contribution is 2.46. The number of methoxy groups -OCH3 is 1. The van der Waals surface area contributed by atoms with Crippen LogP contribution in [0.2, 0.25) is 0 Å². The molecule has 2 aromatic carbocycles. The zero-order valence-electron chi connectivity index (χ0n) is 19.6. The van der Waals surface area contributed by atoms with E-state index in [0.29, 0.717) is 12.2 Å². The maximum atomic E-state index is 13.4. The molecule has 1 N–H and O–H groups in total. The Bertz CT molecular complexity index is 1210. The summed E-state index contributed by atoms with van der Waals surface area (Å²) < 4.78 is 11.8. The molecule has 176 valence electrons. The molecule has 5 rings (SSSR count). The van der Waals surface area contributed by atoms with Gasteiger partial charge >= 0.3 is 5.97 Å². The Morgan fingerprint density at radius 2 is 1.85 bits per heavy atom. The first kappa shape index (κ1) is 22.2. The van der Waals surface area contributed by atoms with Gasteiger partial charge in [0.15, 0.2) is 11.5 Å². The Balaban J connectivity index is 1.56. The number of nitrogens with zero attached hydrogens (tertiary/aromatic N) is 2. The Kier molecular flexibility index (Phi) is 5.42. The van der Waals surface area contributed by atoms with Gasteiger partial charge in [-0.1, -0.05) is 24.3 Å². The number of allylic oxidation sites excluding steroid dienone is 2. The summed E-state index contributed by atoms with van der Waals surface area (Å²) in [4.78, 5) is 24.6. The largest absolute Gasteiger partial charge is 0.493 e. The van der Waals surface area contributed by atoms with Gasteiger partial charge in [-0.25, -0.2) is 9.80 Å². The number of hydrogen-bond acceptors (Lipinski definition) is 5. The van der Waals surface area contributed by atoms with Crippen LogP contribution in [0.1, 0.15) is 53.7 Å². The summed E-state index contributed by atoms with van der Waals surface area (Å²) in [5.41, 5.74) is 3.66. The van der Waals surface area contributed by atoms with Gasteiger partial charge in [-0.05, 0) is 56.5 Å². The molecule has 2 atom stereocenters. The first-order valence-corrected chi connectivity index (χ1v) is 11.5. The van der Waals surface area contributed by atoms with Crippen LogP contribution in [0.15, 0.2) is 53.7 Å². The number of hydrazone groups is 1. The van der Waals surface area contributed by atoms with Gasteiger partial charge in [0.25, 0.3) is 0 Å². The number of ether oxygens (including phenoxy) is 2. The average molecular weight is 461 g/mol. The molecule has 34 heavy (non-hydrogen) atoms. The SMILES string of the molecule is COc1ccc(C2=NN(Cc3ccc(C(=O)O)cc3)C(=O)C3CC=CCC23)c2c1OC(C)(C)C2. The van der Waals surface area contributed by atoms with Gasteiger partial charge in [-0.3, -0.25) is 4.79 Å². The number of rotatable bonds is 5. The number of hydrogen-bond donors (Lipinski definition) is 1. The van der Waals surface area contributed by atoms with Crippen molar-refractivity contribution < 1.29 is 24.2 Å². The highest BCUT2D eigenvalue weighted by atomic mass is 16.5. The normalized spacial score (nSPS) is 22.5. The van der Waals surface area contributed by atoms with Gasteiger partial charge in [-0.15, -0.1) is 0 Å². The lowest BCUT2D eigenvalue weighted by Crippen LogP contribution is -2.45. The molecule has 1 aliphatic carbocycles. The molecular formula is C27H28N2O5. The van der Waals surface area contributed by atoms with E-state index in [1.165, 1.54) is 0 Å². The van der Waals surface area contributed by atoms with Gasteiger partial charge < -0.3 is 14.6 Å². The number of benzene rings is 2. The van der Waals surface area contributed by atoms with E-state index in [2.05, 4.69) is 26.0 Å². The molecule has 2 heterocycles. The lowest BCUT2D eigenvalue weighted by Gasteiger charge is -2.37. The van der Waals surface area contributed by atoms with E-state index in [-0.39, 0.29) is 35.5 Å². The minimum absolute atomic E-state index is 0.00199. The van der Waals surface area contributed by atoms with Crippen molar-refractivity contribution in [3.63, 3.8) is 0 Å². The van der Waals surface area contributed by atoms with Crippen LogP contribution in [0, 0.1) is 11.8 Å². The molecular weight excluding hydrogens is 432 g/mol. The van der Waals surface area contributed by atoms with Crippen molar-refractivity contribution in [3.8, 4) is 11.5 Å². The maximum absolute atomic E-state index is 13.4. The van der Waals surface area contributed by atoms with E-state index in [0.717, 1.165) is 41.0 Å². The predicted molar refractivity (Wildman–Crippen MR) is 127 cm³/mol. The molecule has 2 unspecified atom stereocenters. The van der Waals surface area contributed by atoms with Crippen LogP contribution in [-0.2, 0) is 17.8 Å². The summed E-state index contributed by atoms with van der Waals surface area (Å²) in [6.45, 7) is 4.40. The minimum atomic E-state index is -0.976. The second-order valence-electron chi connectivity index (χ2n) is 9.70. The summed E-state index contributed by atoms with van der Waals surface area (Å²) in [7, 11) is 1.64. The summed E-state index contributed by atoms with van der Waals surface area (Å²) >= 11 is 0. The van der Waals surface area contributed by atoms with E-state index in [1.807, 2.05) is 12.1 Å². The number of carboxylic acids is 1. The summed E-state index contributed by atoms with van der Waals surface area (Å²) in [5.74, 6) is 0.308.